The molecule has 0 N–H and O–H groups in total. The summed E-state index contributed by atoms with van der Waals surface area (Å²) < 4.78 is 12.2. The number of carbonyl (C=O) groups excluding carboxylic acids is 2. The third-order valence-corrected chi connectivity index (χ3v) is 12.1. The Labute approximate surface area is 226 Å². The highest BCUT2D eigenvalue weighted by Gasteiger charge is 2.46. The molecule has 0 aliphatic carbocycles. The second-order valence-corrected chi connectivity index (χ2v) is 16.2. The van der Waals surface area contributed by atoms with Gasteiger partial charge in [-0.05, 0) is 48.2 Å². The Hall–Kier alpha value is -2.66. The maximum Gasteiger partial charge on any atom is 0.416 e. The average Bonchev–Trinajstić information content (AvgIpc) is 2.84. The summed E-state index contributed by atoms with van der Waals surface area (Å²) in [6.45, 7) is 11.0. The Morgan fingerprint density at radius 3 is 2.57 bits per heavy atom. The van der Waals surface area contributed by atoms with Gasteiger partial charge in [0.25, 0.3) is 0 Å². The number of cyclic esters (lactones) is 1. The molecule has 0 spiro atoms. The maximum atomic E-state index is 14.3. The van der Waals surface area contributed by atoms with Crippen LogP contribution >= 0.6 is 11.6 Å². The summed E-state index contributed by atoms with van der Waals surface area (Å²) >= 11 is 6.08. The van der Waals surface area contributed by atoms with Crippen molar-refractivity contribution in [2.24, 2.45) is 5.92 Å². The number of pyridine rings is 1. The number of ether oxygens (including phenoxy) is 1. The van der Waals surface area contributed by atoms with Gasteiger partial charge in [0, 0.05) is 19.0 Å². The van der Waals surface area contributed by atoms with E-state index in [1.54, 1.807) is 12.3 Å². The number of nitrogens with zero attached hydrogens (tertiary/aromatic N) is 2. The third kappa shape index (κ3) is 7.22. The minimum Gasteiger partial charge on any atom is -0.449 e. The van der Waals surface area contributed by atoms with E-state index in [0.717, 1.165) is 11.1 Å². The van der Waals surface area contributed by atoms with Gasteiger partial charge in [-0.15, -0.1) is 12.3 Å². The summed E-state index contributed by atoms with van der Waals surface area (Å²) in [4.78, 5) is 32.9. The van der Waals surface area contributed by atoms with Crippen molar-refractivity contribution >= 4 is 31.9 Å². The van der Waals surface area contributed by atoms with Crippen LogP contribution in [0, 0.1) is 18.3 Å². The Kier molecular flexibility index (Phi) is 9.57. The molecule has 198 valence electrons. The van der Waals surface area contributed by atoms with Crippen LogP contribution in [0.15, 0.2) is 48.7 Å². The quantitative estimate of drug-likeness (QED) is 0.198. The Morgan fingerprint density at radius 1 is 1.27 bits per heavy atom. The number of hydrogen-bond donors (Lipinski definition) is 0. The number of imide groups is 1. The van der Waals surface area contributed by atoms with Gasteiger partial charge in [0.1, 0.15) is 5.15 Å². The van der Waals surface area contributed by atoms with Crippen molar-refractivity contribution in [2.75, 3.05) is 6.61 Å². The number of amides is 2. The van der Waals surface area contributed by atoms with E-state index < -0.39 is 26.4 Å². The van der Waals surface area contributed by atoms with Gasteiger partial charge in [-0.1, -0.05) is 68.8 Å². The van der Waals surface area contributed by atoms with Crippen LogP contribution in [0.25, 0.3) is 0 Å². The van der Waals surface area contributed by atoms with E-state index in [4.69, 9.17) is 27.2 Å². The maximum absolute atomic E-state index is 14.3. The molecule has 6 nitrogen and oxygen atoms in total. The molecule has 1 aliphatic heterocycles. The minimum atomic E-state index is -2.36. The minimum absolute atomic E-state index is 0.106. The van der Waals surface area contributed by atoms with Gasteiger partial charge in [-0.2, -0.15) is 0 Å². The lowest BCUT2D eigenvalue weighted by Crippen LogP contribution is -2.54. The number of halogens is 1. The van der Waals surface area contributed by atoms with Gasteiger partial charge in [-0.25, -0.2) is 14.7 Å². The van der Waals surface area contributed by atoms with Crippen molar-refractivity contribution in [3.8, 4) is 12.3 Å². The van der Waals surface area contributed by atoms with Crippen LogP contribution in [0.2, 0.25) is 23.3 Å². The molecule has 0 radical (unpaired) electrons. The van der Waals surface area contributed by atoms with E-state index in [2.05, 4.69) is 44.8 Å². The van der Waals surface area contributed by atoms with E-state index in [1.807, 2.05) is 36.4 Å². The molecular weight excluding hydrogens is 504 g/mol. The van der Waals surface area contributed by atoms with Crippen molar-refractivity contribution < 1.29 is 18.8 Å². The van der Waals surface area contributed by atoms with Crippen LogP contribution in [0.5, 0.6) is 0 Å². The van der Waals surface area contributed by atoms with Crippen molar-refractivity contribution in [1.82, 2.24) is 9.88 Å². The first-order valence-corrected chi connectivity index (χ1v) is 16.0. The van der Waals surface area contributed by atoms with Crippen LogP contribution in [0.4, 0.5) is 4.79 Å². The molecule has 1 aromatic carbocycles. The topological polar surface area (TPSA) is 68.7 Å². The summed E-state index contributed by atoms with van der Waals surface area (Å²) in [6, 6.07) is 13.1. The van der Waals surface area contributed by atoms with Crippen molar-refractivity contribution in [1.29, 1.82) is 0 Å². The summed E-state index contributed by atoms with van der Waals surface area (Å²) in [5.74, 6) is 1.63. The molecular formula is C29H37ClN2O4Si. The number of aromatic nitrogens is 1. The van der Waals surface area contributed by atoms with Gasteiger partial charge < -0.3 is 9.16 Å². The first-order valence-electron chi connectivity index (χ1n) is 12.7. The molecule has 8 heteroatoms. The van der Waals surface area contributed by atoms with E-state index in [1.165, 1.54) is 4.90 Å². The van der Waals surface area contributed by atoms with Crippen LogP contribution in [-0.2, 0) is 20.4 Å². The molecule has 1 saturated heterocycles. The predicted molar refractivity (Wildman–Crippen MR) is 149 cm³/mol. The molecule has 1 aromatic heterocycles. The normalized spacial score (nSPS) is 18.0. The van der Waals surface area contributed by atoms with Crippen LogP contribution in [0.3, 0.4) is 0 Å². The Balaban J connectivity index is 2.03. The summed E-state index contributed by atoms with van der Waals surface area (Å²) in [5.41, 5.74) is 1.78. The molecule has 2 aromatic rings. The molecule has 1 unspecified atom stereocenters. The molecule has 2 heterocycles. The second kappa shape index (κ2) is 12.3. The summed E-state index contributed by atoms with van der Waals surface area (Å²) in [5, 5.41) is 0.244. The smallest absolute Gasteiger partial charge is 0.416 e. The molecule has 0 bridgehead atoms. The van der Waals surface area contributed by atoms with Crippen LogP contribution < -0.4 is 0 Å². The number of carbonyl (C=O) groups is 2. The van der Waals surface area contributed by atoms with E-state index in [-0.39, 0.29) is 23.6 Å². The SMILES string of the molecule is C#CCC[C@@H](C(=O)N1C(=O)OCC[C@@H]1Cc1ccccc1)C(O[Si](C)(C)C(C)(C)C)c1ccc(Cl)nc1. The zero-order chi connectivity index (χ0) is 27.2. The molecule has 3 rings (SSSR count). The van der Waals surface area contributed by atoms with Crippen molar-refractivity contribution in [3.05, 3.63) is 64.9 Å². The Bertz CT molecular complexity index is 1110. The van der Waals surface area contributed by atoms with Crippen LogP contribution in [0.1, 0.15) is 57.3 Å². The lowest BCUT2D eigenvalue weighted by molar-refractivity contribution is -0.141. The first kappa shape index (κ1) is 28.9. The molecule has 3 atom stereocenters. The molecule has 0 saturated carbocycles. The number of hydrogen-bond acceptors (Lipinski definition) is 5. The monoisotopic (exact) mass is 540 g/mol. The standard InChI is InChI=1S/C29H37ClN2O4Si/c1-7-8-14-24(26(22-15-16-25(30)31-20-22)36-37(5,6)29(2,3)4)27(33)32-23(17-18-35-28(32)34)19-21-12-10-9-11-13-21/h1,9-13,15-16,20,23-24,26H,8,14,17-19H2,2-6H3/t23-,24-,26?/m1/s1. The highest BCUT2D eigenvalue weighted by Crippen LogP contribution is 2.43. The van der Waals surface area contributed by atoms with Crippen molar-refractivity contribution in [3.63, 3.8) is 0 Å². The lowest BCUT2D eigenvalue weighted by Gasteiger charge is -2.43. The summed E-state index contributed by atoms with van der Waals surface area (Å²) in [6.07, 6.45) is 7.86. The van der Waals surface area contributed by atoms with Gasteiger partial charge in [0.15, 0.2) is 8.32 Å². The predicted octanol–water partition coefficient (Wildman–Crippen LogP) is 6.81. The molecule has 37 heavy (non-hydrogen) atoms. The highest BCUT2D eigenvalue weighted by atomic mass is 35.5. The first-order chi connectivity index (χ1) is 17.4. The zero-order valence-electron chi connectivity index (χ0n) is 22.4. The fourth-order valence-corrected chi connectivity index (χ4v) is 5.63. The molecule has 1 aliphatic rings. The van der Waals surface area contributed by atoms with Gasteiger partial charge >= 0.3 is 6.09 Å². The number of terminal acetylenes is 1. The van der Waals surface area contributed by atoms with Gasteiger partial charge in [0.2, 0.25) is 5.91 Å². The lowest BCUT2D eigenvalue weighted by atomic mass is 9.89. The molecule has 1 fully saturated rings. The average molecular weight is 541 g/mol. The van der Waals surface area contributed by atoms with E-state index in [9.17, 15) is 9.59 Å². The second-order valence-electron chi connectivity index (χ2n) is 11.0. The highest BCUT2D eigenvalue weighted by molar-refractivity contribution is 6.74. The number of rotatable bonds is 9. The van der Waals surface area contributed by atoms with Gasteiger partial charge in [-0.3, -0.25) is 4.79 Å². The number of benzene rings is 1. The van der Waals surface area contributed by atoms with E-state index >= 15 is 0 Å². The Morgan fingerprint density at radius 2 is 1.97 bits per heavy atom. The summed E-state index contributed by atoms with van der Waals surface area (Å²) in [7, 11) is -2.36. The zero-order valence-corrected chi connectivity index (χ0v) is 24.1. The third-order valence-electron chi connectivity index (χ3n) is 7.38. The fraction of sp³-hybridized carbons (Fsp3) is 0.483. The van der Waals surface area contributed by atoms with Crippen molar-refractivity contribution in [2.45, 2.75) is 76.7 Å². The fourth-order valence-electron chi connectivity index (χ4n) is 4.23. The van der Waals surface area contributed by atoms with Crippen LogP contribution in [-0.4, -0.2) is 42.9 Å². The molecule has 2 amide bonds. The van der Waals surface area contributed by atoms with Gasteiger partial charge in [0.05, 0.1) is 24.7 Å². The van der Waals surface area contributed by atoms with E-state index in [0.29, 0.717) is 30.8 Å². The largest absolute Gasteiger partial charge is 0.449 e.